The van der Waals surface area contributed by atoms with Gasteiger partial charge in [-0.1, -0.05) is 17.7 Å². The van der Waals surface area contributed by atoms with Gasteiger partial charge in [-0.3, -0.25) is 0 Å². The number of rotatable bonds is 7. The van der Waals surface area contributed by atoms with E-state index in [-0.39, 0.29) is 0 Å². The van der Waals surface area contributed by atoms with Gasteiger partial charge in [0.05, 0.1) is 18.7 Å². The lowest BCUT2D eigenvalue weighted by Crippen LogP contribution is -2.38. The first-order valence-electron chi connectivity index (χ1n) is 8.19. The lowest BCUT2D eigenvalue weighted by molar-refractivity contribution is -0.140. The van der Waals surface area contributed by atoms with E-state index in [4.69, 9.17) is 16.3 Å². The summed E-state index contributed by atoms with van der Waals surface area (Å²) in [5.41, 5.74) is 0.0201. The fourth-order valence-corrected chi connectivity index (χ4v) is 3.17. The van der Waals surface area contributed by atoms with Crippen LogP contribution in [-0.4, -0.2) is 31.1 Å². The minimum atomic E-state index is -4.41. The molecule has 10 heteroatoms. The van der Waals surface area contributed by atoms with E-state index < -0.39 is 11.9 Å². The van der Waals surface area contributed by atoms with Gasteiger partial charge in [-0.25, -0.2) is 9.98 Å². The van der Waals surface area contributed by atoms with Crippen LogP contribution in [0.1, 0.15) is 23.2 Å². The predicted molar refractivity (Wildman–Crippen MR) is 102 cm³/mol. The number of aromatic nitrogens is 1. The van der Waals surface area contributed by atoms with Crippen molar-refractivity contribution in [1.29, 1.82) is 0 Å². The fourth-order valence-electron chi connectivity index (χ4n) is 2.20. The van der Waals surface area contributed by atoms with Crippen LogP contribution in [0, 0.1) is 0 Å². The van der Waals surface area contributed by atoms with Crippen molar-refractivity contribution in [2.45, 2.75) is 26.1 Å². The summed E-state index contributed by atoms with van der Waals surface area (Å²) in [5.74, 6) is 1.20. The average molecular weight is 421 g/mol. The van der Waals surface area contributed by atoms with Crippen LogP contribution in [0.15, 0.2) is 28.6 Å². The van der Waals surface area contributed by atoms with E-state index in [0.29, 0.717) is 47.8 Å². The summed E-state index contributed by atoms with van der Waals surface area (Å²) in [6.07, 6.45) is -4.04. The van der Waals surface area contributed by atoms with E-state index in [1.165, 1.54) is 0 Å². The predicted octanol–water partition coefficient (Wildman–Crippen LogP) is 4.12. The van der Waals surface area contributed by atoms with Gasteiger partial charge in [-0.15, -0.1) is 11.3 Å². The van der Waals surface area contributed by atoms with Crippen molar-refractivity contribution < 1.29 is 17.9 Å². The zero-order valence-corrected chi connectivity index (χ0v) is 16.4. The molecule has 0 saturated carbocycles. The summed E-state index contributed by atoms with van der Waals surface area (Å²) in [5, 5.41) is 8.21. The summed E-state index contributed by atoms with van der Waals surface area (Å²) in [4.78, 5) is 8.09. The number of thiazole rings is 1. The monoisotopic (exact) mass is 420 g/mol. The molecule has 5 nitrogen and oxygen atoms in total. The number of hydrogen-bond donors (Lipinski definition) is 2. The second kappa shape index (κ2) is 9.80. The lowest BCUT2D eigenvalue weighted by atomic mass is 10.2. The molecule has 1 aromatic carbocycles. The van der Waals surface area contributed by atoms with Gasteiger partial charge in [0.1, 0.15) is 5.75 Å². The Hall–Kier alpha value is -2.00. The first kappa shape index (κ1) is 21.3. The standard InChI is InChI=1S/C17H20ClF3N4OS/c1-3-22-16(24-9-11-4-5-12(18)8-13(11)26-2)23-7-6-15-25-14(10-27-15)17(19,20)21/h4-5,8,10H,3,6-7,9H2,1-2H3,(H2,22,23,24). The molecule has 0 saturated heterocycles. The van der Waals surface area contributed by atoms with Crippen molar-refractivity contribution in [3.8, 4) is 5.75 Å². The Morgan fingerprint density at radius 3 is 2.74 bits per heavy atom. The number of hydrogen-bond acceptors (Lipinski definition) is 4. The maximum Gasteiger partial charge on any atom is 0.434 e. The Morgan fingerprint density at radius 1 is 1.33 bits per heavy atom. The van der Waals surface area contributed by atoms with Crippen LogP contribution in [0.2, 0.25) is 5.02 Å². The van der Waals surface area contributed by atoms with Crippen molar-refractivity contribution in [1.82, 2.24) is 15.6 Å². The first-order valence-corrected chi connectivity index (χ1v) is 9.45. The van der Waals surface area contributed by atoms with Crippen LogP contribution >= 0.6 is 22.9 Å². The second-order valence-corrected chi connectivity index (χ2v) is 6.83. The third kappa shape index (κ3) is 6.59. The van der Waals surface area contributed by atoms with Crippen LogP contribution in [0.3, 0.4) is 0 Å². The highest BCUT2D eigenvalue weighted by atomic mass is 35.5. The highest BCUT2D eigenvalue weighted by Crippen LogP contribution is 2.30. The molecule has 27 heavy (non-hydrogen) atoms. The molecule has 2 N–H and O–H groups in total. The molecular weight excluding hydrogens is 401 g/mol. The molecule has 0 aliphatic rings. The fraction of sp³-hybridized carbons (Fsp3) is 0.412. The Morgan fingerprint density at radius 2 is 2.11 bits per heavy atom. The minimum absolute atomic E-state index is 0.366. The van der Waals surface area contributed by atoms with Gasteiger partial charge in [0.25, 0.3) is 0 Å². The molecule has 2 rings (SSSR count). The topological polar surface area (TPSA) is 58.5 Å². The molecule has 0 radical (unpaired) electrons. The van der Waals surface area contributed by atoms with Crippen molar-refractivity contribution in [3.63, 3.8) is 0 Å². The number of aliphatic imine (C=N–C) groups is 1. The second-order valence-electron chi connectivity index (χ2n) is 5.45. The van der Waals surface area contributed by atoms with Crippen LogP contribution in [0.5, 0.6) is 5.75 Å². The summed E-state index contributed by atoms with van der Waals surface area (Å²) >= 11 is 6.95. The molecule has 0 amide bonds. The largest absolute Gasteiger partial charge is 0.496 e. The first-order chi connectivity index (χ1) is 12.8. The smallest absolute Gasteiger partial charge is 0.434 e. The summed E-state index contributed by atoms with van der Waals surface area (Å²) < 4.78 is 43.0. The molecule has 0 spiro atoms. The molecule has 0 atom stereocenters. The summed E-state index contributed by atoms with van der Waals surface area (Å²) in [6, 6.07) is 5.31. The molecule has 0 aliphatic heterocycles. The van der Waals surface area contributed by atoms with E-state index in [2.05, 4.69) is 20.6 Å². The third-order valence-corrected chi connectivity index (χ3v) is 4.62. The zero-order chi connectivity index (χ0) is 19.9. The lowest BCUT2D eigenvalue weighted by Gasteiger charge is -2.12. The highest BCUT2D eigenvalue weighted by molar-refractivity contribution is 7.09. The Balaban J connectivity index is 1.95. The number of methoxy groups -OCH3 is 1. The number of nitrogens with zero attached hydrogens (tertiary/aromatic N) is 2. The number of nitrogens with one attached hydrogen (secondary N) is 2. The van der Waals surface area contributed by atoms with Crippen LogP contribution in [0.4, 0.5) is 13.2 Å². The van der Waals surface area contributed by atoms with E-state index >= 15 is 0 Å². The summed E-state index contributed by atoms with van der Waals surface area (Å²) in [6.45, 7) is 3.36. The normalized spacial score (nSPS) is 12.1. The molecule has 0 fully saturated rings. The quantitative estimate of drug-likeness (QED) is 0.522. The maximum absolute atomic E-state index is 12.6. The molecule has 0 unspecified atom stereocenters. The molecule has 1 aromatic heterocycles. The Labute approximate surface area is 164 Å². The molecule has 2 aromatic rings. The van der Waals surface area contributed by atoms with E-state index in [1.54, 1.807) is 19.2 Å². The van der Waals surface area contributed by atoms with Crippen molar-refractivity contribution in [2.24, 2.45) is 4.99 Å². The molecule has 1 heterocycles. The number of benzene rings is 1. The minimum Gasteiger partial charge on any atom is -0.496 e. The van der Waals surface area contributed by atoms with E-state index in [1.807, 2.05) is 13.0 Å². The third-order valence-electron chi connectivity index (χ3n) is 3.47. The number of guanidine groups is 1. The van der Waals surface area contributed by atoms with Gasteiger partial charge in [0.15, 0.2) is 11.7 Å². The number of ether oxygens (including phenoxy) is 1. The van der Waals surface area contributed by atoms with Crippen LogP contribution < -0.4 is 15.4 Å². The SMILES string of the molecule is CCNC(=NCc1ccc(Cl)cc1OC)NCCc1nc(C(F)(F)F)cs1. The van der Waals surface area contributed by atoms with E-state index in [9.17, 15) is 13.2 Å². The number of halogens is 4. The molecule has 0 bridgehead atoms. The number of alkyl halides is 3. The van der Waals surface area contributed by atoms with Gasteiger partial charge in [-0.2, -0.15) is 13.2 Å². The Kier molecular flexibility index (Phi) is 7.73. The molecule has 0 aliphatic carbocycles. The summed E-state index contributed by atoms with van der Waals surface area (Å²) in [7, 11) is 1.56. The van der Waals surface area contributed by atoms with Gasteiger partial charge in [0.2, 0.25) is 0 Å². The maximum atomic E-state index is 12.6. The van der Waals surface area contributed by atoms with E-state index in [0.717, 1.165) is 22.3 Å². The van der Waals surface area contributed by atoms with Crippen molar-refractivity contribution in [3.05, 3.63) is 44.9 Å². The van der Waals surface area contributed by atoms with Gasteiger partial charge >= 0.3 is 6.18 Å². The Bertz CT molecular complexity index is 780. The van der Waals surface area contributed by atoms with Gasteiger partial charge < -0.3 is 15.4 Å². The van der Waals surface area contributed by atoms with Crippen LogP contribution in [0.25, 0.3) is 0 Å². The van der Waals surface area contributed by atoms with Crippen molar-refractivity contribution >= 4 is 28.9 Å². The van der Waals surface area contributed by atoms with Crippen molar-refractivity contribution in [2.75, 3.05) is 20.2 Å². The zero-order valence-electron chi connectivity index (χ0n) is 14.9. The average Bonchev–Trinajstić information content (AvgIpc) is 3.09. The van der Waals surface area contributed by atoms with Gasteiger partial charge in [0, 0.05) is 35.5 Å². The highest BCUT2D eigenvalue weighted by Gasteiger charge is 2.33. The van der Waals surface area contributed by atoms with Crippen LogP contribution in [-0.2, 0) is 19.1 Å². The molecule has 148 valence electrons. The molecular formula is C17H20ClF3N4OS. The van der Waals surface area contributed by atoms with Gasteiger partial charge in [-0.05, 0) is 19.1 Å².